The lowest BCUT2D eigenvalue weighted by Gasteiger charge is -2.39. The Morgan fingerprint density at radius 2 is 1.76 bits per heavy atom. The number of carboxylic acids is 1. The van der Waals surface area contributed by atoms with Crippen LogP contribution in [0.2, 0.25) is 5.02 Å². The summed E-state index contributed by atoms with van der Waals surface area (Å²) in [4.78, 5) is 36.8. The maximum Gasteiger partial charge on any atom is 0.271 e. The lowest BCUT2D eigenvalue weighted by atomic mass is 9.65. The average Bonchev–Trinajstić information content (AvgIpc) is 2.82. The monoisotopic (exact) mass is 361 g/mol. The van der Waals surface area contributed by atoms with Crippen LogP contribution in [-0.2, 0) is 9.59 Å². The topological polar surface area (TPSA) is 98.7 Å². The number of nitrogens with one attached hydrogen (secondary N) is 1. The van der Waals surface area contributed by atoms with E-state index in [9.17, 15) is 19.5 Å². The normalized spacial score (nSPS) is 31.4. The molecule has 2 fully saturated rings. The van der Waals surface area contributed by atoms with Crippen molar-refractivity contribution in [3.05, 3.63) is 34.9 Å². The van der Waals surface area contributed by atoms with Crippen molar-refractivity contribution in [3.8, 4) is 0 Å². The standard InChI is InChI=1S/C18H19ClN2O4/c1-16(2)17(3)8-9-18(16,15(24)25)13(22)12(17)20-21-14(23)10-4-6-11(19)7-5-10/h4-7H,8-9H2,1-3H3,(H,21,23)(H,24,25)/p-1/b20-12+/t17-,18-/m0/s1. The van der Waals surface area contributed by atoms with Crippen molar-refractivity contribution in [3.63, 3.8) is 0 Å². The molecule has 0 heterocycles. The van der Waals surface area contributed by atoms with E-state index in [2.05, 4.69) is 10.5 Å². The second kappa shape index (κ2) is 5.39. The number of amides is 1. The molecule has 2 bridgehead atoms. The third-order valence-electron chi connectivity index (χ3n) is 6.30. The Morgan fingerprint density at radius 3 is 2.28 bits per heavy atom. The van der Waals surface area contributed by atoms with Gasteiger partial charge in [-0.1, -0.05) is 32.4 Å². The molecule has 1 aromatic carbocycles. The molecule has 132 valence electrons. The number of fused-ring (bicyclic) bond motifs is 2. The Hall–Kier alpha value is -2.21. The van der Waals surface area contributed by atoms with Crippen LogP contribution in [-0.4, -0.2) is 23.4 Å². The van der Waals surface area contributed by atoms with Gasteiger partial charge in [0.1, 0.15) is 5.71 Å². The Morgan fingerprint density at radius 1 is 1.16 bits per heavy atom. The molecule has 0 aliphatic heterocycles. The number of ketones is 1. The predicted molar refractivity (Wildman–Crippen MR) is 89.9 cm³/mol. The van der Waals surface area contributed by atoms with Gasteiger partial charge < -0.3 is 9.90 Å². The number of carboxylic acid groups (broad SMARTS) is 1. The summed E-state index contributed by atoms with van der Waals surface area (Å²) in [6.45, 7) is 5.31. The number of hydrazone groups is 1. The first-order chi connectivity index (χ1) is 11.6. The molecule has 0 radical (unpaired) electrons. The number of nitrogens with zero attached hydrogens (tertiary/aromatic N) is 1. The van der Waals surface area contributed by atoms with Crippen molar-refractivity contribution in [2.24, 2.45) is 21.3 Å². The summed E-state index contributed by atoms with van der Waals surface area (Å²) in [5.41, 5.74) is -0.382. The van der Waals surface area contributed by atoms with E-state index in [1.807, 2.05) is 6.92 Å². The Balaban J connectivity index is 1.94. The van der Waals surface area contributed by atoms with Crippen LogP contribution < -0.4 is 10.5 Å². The molecule has 2 aliphatic carbocycles. The number of halogens is 1. The highest BCUT2D eigenvalue weighted by Crippen LogP contribution is 2.69. The number of Topliss-reactive ketones (excluding diaryl/α,β-unsaturated/α-hetero) is 1. The van der Waals surface area contributed by atoms with Crippen LogP contribution in [0.25, 0.3) is 0 Å². The van der Waals surface area contributed by atoms with Crippen molar-refractivity contribution in [2.45, 2.75) is 33.6 Å². The zero-order valence-electron chi connectivity index (χ0n) is 14.2. The van der Waals surface area contributed by atoms with Gasteiger partial charge in [0.25, 0.3) is 5.91 Å². The molecule has 0 saturated heterocycles. The van der Waals surface area contributed by atoms with Crippen molar-refractivity contribution in [1.82, 2.24) is 5.43 Å². The molecule has 25 heavy (non-hydrogen) atoms. The molecule has 6 nitrogen and oxygen atoms in total. The van der Waals surface area contributed by atoms with Crippen LogP contribution in [0.1, 0.15) is 44.0 Å². The van der Waals surface area contributed by atoms with Gasteiger partial charge in [0.15, 0.2) is 5.78 Å². The molecular weight excluding hydrogens is 344 g/mol. The lowest BCUT2D eigenvalue weighted by Crippen LogP contribution is -2.51. The lowest BCUT2D eigenvalue weighted by molar-refractivity contribution is -0.320. The van der Waals surface area contributed by atoms with Gasteiger partial charge in [0, 0.05) is 16.0 Å². The van der Waals surface area contributed by atoms with E-state index in [0.717, 1.165) is 0 Å². The minimum Gasteiger partial charge on any atom is -0.549 e. The van der Waals surface area contributed by atoms with E-state index in [0.29, 0.717) is 17.0 Å². The summed E-state index contributed by atoms with van der Waals surface area (Å²) >= 11 is 5.79. The molecule has 0 unspecified atom stereocenters. The average molecular weight is 362 g/mol. The van der Waals surface area contributed by atoms with E-state index in [4.69, 9.17) is 11.6 Å². The van der Waals surface area contributed by atoms with Gasteiger partial charge in [-0.15, -0.1) is 0 Å². The van der Waals surface area contributed by atoms with Crippen molar-refractivity contribution < 1.29 is 19.5 Å². The second-order valence-electron chi connectivity index (χ2n) is 7.39. The smallest absolute Gasteiger partial charge is 0.271 e. The van der Waals surface area contributed by atoms with E-state index in [1.54, 1.807) is 26.0 Å². The molecule has 3 rings (SSSR count). The van der Waals surface area contributed by atoms with E-state index >= 15 is 0 Å². The fourth-order valence-electron chi connectivity index (χ4n) is 4.19. The van der Waals surface area contributed by atoms with Gasteiger partial charge >= 0.3 is 0 Å². The van der Waals surface area contributed by atoms with Gasteiger partial charge in [-0.2, -0.15) is 5.10 Å². The molecule has 1 aromatic rings. The molecule has 7 heteroatoms. The van der Waals surface area contributed by atoms with E-state index in [1.165, 1.54) is 12.1 Å². The minimum absolute atomic E-state index is 0.0928. The number of hydrogen-bond donors (Lipinski definition) is 1. The summed E-state index contributed by atoms with van der Waals surface area (Å²) in [7, 11) is 0. The van der Waals surface area contributed by atoms with Gasteiger partial charge in [-0.25, -0.2) is 5.43 Å². The highest BCUT2D eigenvalue weighted by molar-refractivity contribution is 6.50. The van der Waals surface area contributed by atoms with Crippen LogP contribution in [0.4, 0.5) is 0 Å². The number of carbonyl (C=O) groups is 3. The number of benzene rings is 1. The zero-order valence-corrected chi connectivity index (χ0v) is 14.9. The van der Waals surface area contributed by atoms with Crippen molar-refractivity contribution >= 4 is 35.0 Å². The number of aliphatic carboxylic acids is 1. The Labute approximate surface area is 150 Å². The van der Waals surface area contributed by atoms with Gasteiger partial charge in [-0.05, 0) is 42.5 Å². The SMILES string of the molecule is CC1(C)[C@@]2(C(=O)[O-])CC[C@@]1(C)/C(=N/NC(=O)c1ccc(Cl)cc1)C2=O. The molecule has 1 amide bonds. The van der Waals surface area contributed by atoms with Gasteiger partial charge in [0.05, 0.1) is 11.4 Å². The minimum atomic E-state index is -1.59. The van der Waals surface area contributed by atoms with E-state index < -0.39 is 33.9 Å². The van der Waals surface area contributed by atoms with Crippen molar-refractivity contribution in [1.29, 1.82) is 0 Å². The fourth-order valence-corrected chi connectivity index (χ4v) is 4.32. The summed E-state index contributed by atoms with van der Waals surface area (Å²) < 4.78 is 0. The summed E-state index contributed by atoms with van der Waals surface area (Å²) in [5.74, 6) is -2.44. The summed E-state index contributed by atoms with van der Waals surface area (Å²) in [6, 6.07) is 6.22. The second-order valence-corrected chi connectivity index (χ2v) is 7.82. The Kier molecular flexibility index (Phi) is 3.80. The molecular formula is C18H18ClN2O4-. The van der Waals surface area contributed by atoms with Crippen LogP contribution in [0, 0.1) is 16.2 Å². The molecule has 2 aliphatic rings. The first-order valence-corrected chi connectivity index (χ1v) is 8.36. The Bertz CT molecular complexity index is 815. The first kappa shape index (κ1) is 17.6. The molecule has 2 saturated carbocycles. The van der Waals surface area contributed by atoms with Gasteiger partial charge in [-0.3, -0.25) is 9.59 Å². The zero-order chi connectivity index (χ0) is 18.6. The third-order valence-corrected chi connectivity index (χ3v) is 6.55. The number of carbonyl (C=O) groups excluding carboxylic acids is 3. The van der Waals surface area contributed by atoms with Crippen LogP contribution >= 0.6 is 11.6 Å². The molecule has 1 N–H and O–H groups in total. The maximum atomic E-state index is 12.8. The van der Waals surface area contributed by atoms with Crippen LogP contribution in [0.3, 0.4) is 0 Å². The van der Waals surface area contributed by atoms with Crippen LogP contribution in [0.5, 0.6) is 0 Å². The van der Waals surface area contributed by atoms with Crippen molar-refractivity contribution in [2.75, 3.05) is 0 Å². The largest absolute Gasteiger partial charge is 0.549 e. The maximum absolute atomic E-state index is 12.8. The highest BCUT2D eigenvalue weighted by atomic mass is 35.5. The first-order valence-electron chi connectivity index (χ1n) is 7.98. The predicted octanol–water partition coefficient (Wildman–Crippen LogP) is 1.57. The molecule has 2 atom stereocenters. The quantitative estimate of drug-likeness (QED) is 0.652. The van der Waals surface area contributed by atoms with Crippen LogP contribution in [0.15, 0.2) is 29.4 Å². The third kappa shape index (κ3) is 2.10. The van der Waals surface area contributed by atoms with E-state index in [-0.39, 0.29) is 12.1 Å². The number of rotatable bonds is 3. The number of hydrogen-bond acceptors (Lipinski definition) is 5. The summed E-state index contributed by atoms with van der Waals surface area (Å²) in [5, 5.41) is 16.3. The highest BCUT2D eigenvalue weighted by Gasteiger charge is 2.74. The fraction of sp³-hybridized carbons (Fsp3) is 0.444. The summed E-state index contributed by atoms with van der Waals surface area (Å²) in [6.07, 6.45) is 0.719. The van der Waals surface area contributed by atoms with Gasteiger partial charge in [0.2, 0.25) is 0 Å². The molecule has 0 aromatic heterocycles. The molecule has 0 spiro atoms.